The van der Waals surface area contributed by atoms with Crippen molar-refractivity contribution >= 4 is 5.69 Å². The Hall–Kier alpha value is -1.02. The highest BCUT2D eigenvalue weighted by Crippen LogP contribution is 2.30. The van der Waals surface area contributed by atoms with Crippen LogP contribution in [0.5, 0.6) is 0 Å². The molecule has 1 atom stereocenters. The smallest absolute Gasteiger partial charge is 0.0314 e. The van der Waals surface area contributed by atoms with Crippen molar-refractivity contribution in [3.05, 3.63) is 29.8 Å². The maximum Gasteiger partial charge on any atom is 0.0314 e. The minimum atomic E-state index is 0.313. The Kier molecular flexibility index (Phi) is 2.00. The van der Waals surface area contributed by atoms with Gasteiger partial charge in [-0.15, -0.1) is 0 Å². The minimum Gasteiger partial charge on any atom is -0.399 e. The molecule has 0 aromatic heterocycles. The molecule has 0 radical (unpaired) electrons. The molecule has 0 aliphatic carbocycles. The first-order valence-electron chi connectivity index (χ1n) is 4.77. The Morgan fingerprint density at radius 3 is 2.54 bits per heavy atom. The van der Waals surface area contributed by atoms with Crippen molar-refractivity contribution in [3.63, 3.8) is 0 Å². The first-order chi connectivity index (χ1) is 6.21. The maximum atomic E-state index is 5.65. The molecule has 2 rings (SSSR count). The van der Waals surface area contributed by atoms with Crippen molar-refractivity contribution in [3.8, 4) is 0 Å². The van der Waals surface area contributed by atoms with Crippen LogP contribution in [0, 0.1) is 0 Å². The van der Waals surface area contributed by atoms with Crippen LogP contribution in [0.25, 0.3) is 0 Å². The summed E-state index contributed by atoms with van der Waals surface area (Å²) in [6.07, 6.45) is 1.22. The Balaban J connectivity index is 2.29. The van der Waals surface area contributed by atoms with Crippen LogP contribution in [0.4, 0.5) is 5.69 Å². The number of nitrogen functional groups attached to an aromatic ring is 1. The highest BCUT2D eigenvalue weighted by atomic mass is 14.9. The number of nitrogens with one attached hydrogen (secondary N) is 1. The van der Waals surface area contributed by atoms with Gasteiger partial charge in [0.05, 0.1) is 0 Å². The van der Waals surface area contributed by atoms with Crippen LogP contribution in [-0.2, 0) is 5.41 Å². The fraction of sp³-hybridized carbons (Fsp3) is 0.455. The van der Waals surface area contributed by atoms with Crippen molar-refractivity contribution in [2.45, 2.75) is 18.8 Å². The number of benzene rings is 1. The topological polar surface area (TPSA) is 38.0 Å². The Morgan fingerprint density at radius 2 is 2.00 bits per heavy atom. The molecule has 0 saturated carbocycles. The van der Waals surface area contributed by atoms with E-state index in [2.05, 4.69) is 24.4 Å². The molecule has 0 spiro atoms. The third kappa shape index (κ3) is 1.54. The van der Waals surface area contributed by atoms with Crippen LogP contribution < -0.4 is 11.1 Å². The van der Waals surface area contributed by atoms with Gasteiger partial charge in [-0.2, -0.15) is 0 Å². The van der Waals surface area contributed by atoms with Gasteiger partial charge < -0.3 is 11.1 Å². The number of hydrogen-bond donors (Lipinski definition) is 2. The van der Waals surface area contributed by atoms with Gasteiger partial charge in [0.15, 0.2) is 0 Å². The third-order valence-corrected chi connectivity index (χ3v) is 2.98. The zero-order chi connectivity index (χ0) is 9.31. The highest BCUT2D eigenvalue weighted by molar-refractivity contribution is 5.41. The molecule has 1 fully saturated rings. The third-order valence-electron chi connectivity index (χ3n) is 2.98. The highest BCUT2D eigenvalue weighted by Gasteiger charge is 2.29. The second kappa shape index (κ2) is 3.04. The zero-order valence-electron chi connectivity index (χ0n) is 8.01. The average Bonchev–Trinajstić information content (AvgIpc) is 2.54. The van der Waals surface area contributed by atoms with Crippen molar-refractivity contribution in [2.75, 3.05) is 18.8 Å². The van der Waals surface area contributed by atoms with E-state index in [1.807, 2.05) is 12.1 Å². The van der Waals surface area contributed by atoms with E-state index in [9.17, 15) is 0 Å². The summed E-state index contributed by atoms with van der Waals surface area (Å²) in [5.74, 6) is 0. The van der Waals surface area contributed by atoms with Crippen LogP contribution in [0.3, 0.4) is 0 Å². The fourth-order valence-corrected chi connectivity index (χ4v) is 1.95. The summed E-state index contributed by atoms with van der Waals surface area (Å²) in [7, 11) is 0. The van der Waals surface area contributed by atoms with Crippen LogP contribution in [0.1, 0.15) is 18.9 Å². The largest absolute Gasteiger partial charge is 0.399 e. The molecule has 1 heterocycles. The van der Waals surface area contributed by atoms with Crippen LogP contribution in [0.15, 0.2) is 24.3 Å². The maximum absolute atomic E-state index is 5.65. The summed E-state index contributed by atoms with van der Waals surface area (Å²) in [5, 5.41) is 3.39. The molecule has 2 nitrogen and oxygen atoms in total. The van der Waals surface area contributed by atoms with Crippen molar-refractivity contribution < 1.29 is 0 Å². The van der Waals surface area contributed by atoms with E-state index < -0.39 is 0 Å². The standard InChI is InChI=1S/C11H16N2/c1-11(6-7-13-8-11)9-2-4-10(12)5-3-9/h2-5,13H,6-8,12H2,1H3. The van der Waals surface area contributed by atoms with E-state index in [0.29, 0.717) is 5.41 Å². The zero-order valence-corrected chi connectivity index (χ0v) is 8.01. The predicted octanol–water partition coefficient (Wildman–Crippen LogP) is 1.52. The van der Waals surface area contributed by atoms with Crippen LogP contribution >= 0.6 is 0 Å². The second-order valence-electron chi connectivity index (χ2n) is 4.11. The Labute approximate surface area is 79.1 Å². The average molecular weight is 176 g/mol. The minimum absolute atomic E-state index is 0.313. The van der Waals surface area contributed by atoms with Crippen molar-refractivity contribution in [2.24, 2.45) is 0 Å². The summed E-state index contributed by atoms with van der Waals surface area (Å²) in [6.45, 7) is 4.51. The van der Waals surface area contributed by atoms with Crippen LogP contribution in [0.2, 0.25) is 0 Å². The summed E-state index contributed by atoms with van der Waals surface area (Å²) in [6, 6.07) is 8.25. The number of nitrogens with two attached hydrogens (primary N) is 1. The summed E-state index contributed by atoms with van der Waals surface area (Å²) in [4.78, 5) is 0. The van der Waals surface area contributed by atoms with Gasteiger partial charge in [0, 0.05) is 17.6 Å². The molecule has 1 saturated heterocycles. The van der Waals surface area contributed by atoms with Gasteiger partial charge >= 0.3 is 0 Å². The lowest BCUT2D eigenvalue weighted by Crippen LogP contribution is -2.24. The molecule has 2 heteroatoms. The van der Waals surface area contributed by atoms with Crippen molar-refractivity contribution in [1.82, 2.24) is 5.32 Å². The lowest BCUT2D eigenvalue weighted by Gasteiger charge is -2.23. The first-order valence-corrected chi connectivity index (χ1v) is 4.77. The lowest BCUT2D eigenvalue weighted by atomic mass is 9.82. The molecule has 70 valence electrons. The van der Waals surface area contributed by atoms with E-state index in [1.165, 1.54) is 12.0 Å². The molecular weight excluding hydrogens is 160 g/mol. The van der Waals surface area contributed by atoms with E-state index in [4.69, 9.17) is 5.73 Å². The molecule has 0 bridgehead atoms. The van der Waals surface area contributed by atoms with Gasteiger partial charge in [0.2, 0.25) is 0 Å². The number of rotatable bonds is 1. The normalized spacial score (nSPS) is 27.8. The van der Waals surface area contributed by atoms with Gasteiger partial charge in [-0.05, 0) is 30.7 Å². The quantitative estimate of drug-likeness (QED) is 0.637. The van der Waals surface area contributed by atoms with Gasteiger partial charge in [0.1, 0.15) is 0 Å². The fourth-order valence-electron chi connectivity index (χ4n) is 1.95. The van der Waals surface area contributed by atoms with Gasteiger partial charge in [-0.3, -0.25) is 0 Å². The molecule has 3 N–H and O–H groups in total. The molecule has 13 heavy (non-hydrogen) atoms. The van der Waals surface area contributed by atoms with E-state index in [1.54, 1.807) is 0 Å². The van der Waals surface area contributed by atoms with Gasteiger partial charge in [-0.25, -0.2) is 0 Å². The number of hydrogen-bond acceptors (Lipinski definition) is 2. The lowest BCUT2D eigenvalue weighted by molar-refractivity contribution is 0.525. The van der Waals surface area contributed by atoms with E-state index >= 15 is 0 Å². The molecule has 1 aliphatic rings. The number of anilines is 1. The summed E-state index contributed by atoms with van der Waals surface area (Å²) < 4.78 is 0. The molecule has 0 amide bonds. The summed E-state index contributed by atoms with van der Waals surface area (Å²) in [5.41, 5.74) is 8.21. The Bertz CT molecular complexity index is 283. The first kappa shape index (κ1) is 8.57. The predicted molar refractivity (Wildman–Crippen MR) is 55.7 cm³/mol. The molecule has 1 aromatic carbocycles. The van der Waals surface area contributed by atoms with Gasteiger partial charge in [-0.1, -0.05) is 19.1 Å². The van der Waals surface area contributed by atoms with Crippen LogP contribution in [-0.4, -0.2) is 13.1 Å². The molecule has 1 aromatic rings. The molecule has 1 unspecified atom stereocenters. The SMILES string of the molecule is CC1(c2ccc(N)cc2)CCNC1. The molecule has 1 aliphatic heterocycles. The second-order valence-corrected chi connectivity index (χ2v) is 4.11. The van der Waals surface area contributed by atoms with E-state index in [0.717, 1.165) is 18.8 Å². The summed E-state index contributed by atoms with van der Waals surface area (Å²) >= 11 is 0. The van der Waals surface area contributed by atoms with Gasteiger partial charge in [0.25, 0.3) is 0 Å². The van der Waals surface area contributed by atoms with Crippen molar-refractivity contribution in [1.29, 1.82) is 0 Å². The monoisotopic (exact) mass is 176 g/mol. The molecular formula is C11H16N2. The Morgan fingerprint density at radius 1 is 1.31 bits per heavy atom. The van der Waals surface area contributed by atoms with E-state index in [-0.39, 0.29) is 0 Å².